The van der Waals surface area contributed by atoms with Gasteiger partial charge in [-0.15, -0.1) is 0 Å². The van der Waals surface area contributed by atoms with E-state index >= 15 is 0 Å². The molecule has 0 fully saturated rings. The zero-order valence-corrected chi connectivity index (χ0v) is 16.0. The summed E-state index contributed by atoms with van der Waals surface area (Å²) in [6.07, 6.45) is 0. The summed E-state index contributed by atoms with van der Waals surface area (Å²) in [4.78, 5) is 12.5. The molecule has 0 amide bonds. The quantitative estimate of drug-likeness (QED) is 0.555. The first kappa shape index (κ1) is 21.6. The molecule has 0 spiro atoms. The van der Waals surface area contributed by atoms with Gasteiger partial charge in [0.05, 0.1) is 15.6 Å². The summed E-state index contributed by atoms with van der Waals surface area (Å²) in [7, 11) is -0.0316. The Morgan fingerprint density at radius 3 is 2.17 bits per heavy atom. The number of rotatable bonds is 4. The molecule has 0 saturated carbocycles. The molecule has 0 aliphatic carbocycles. The molecule has 0 heterocycles. The molecular weight excluding hydrogens is 357 g/mol. The summed E-state index contributed by atoms with van der Waals surface area (Å²) < 4.78 is 5.84. The monoisotopic (exact) mass is 376 g/mol. The van der Waals surface area contributed by atoms with E-state index in [1.54, 1.807) is 18.2 Å². The average Bonchev–Trinajstić information content (AvgIpc) is 2.40. The first-order chi connectivity index (χ1) is 10.7. The molecule has 0 aliphatic rings. The second kappa shape index (κ2) is 8.75. The number of hydrogen-bond donors (Lipinski definition) is 0. The van der Waals surface area contributed by atoms with Gasteiger partial charge in [0.1, 0.15) is 11.4 Å². The van der Waals surface area contributed by atoms with Crippen LogP contribution in [0.1, 0.15) is 36.7 Å². The topological polar surface area (TPSA) is 26.3 Å². The van der Waals surface area contributed by atoms with E-state index < -0.39 is 0 Å². The van der Waals surface area contributed by atoms with Crippen LogP contribution in [-0.4, -0.2) is 30.0 Å². The predicted molar refractivity (Wildman–Crippen MR) is 107 cm³/mol. The van der Waals surface area contributed by atoms with Gasteiger partial charge in [0.15, 0.2) is 5.52 Å². The molecule has 124 valence electrons. The number of aryl methyl sites for hydroxylation is 1. The van der Waals surface area contributed by atoms with Crippen LogP contribution in [0.15, 0.2) is 36.4 Å². The Hall–Kier alpha value is -0.483. The van der Waals surface area contributed by atoms with E-state index in [1.807, 2.05) is 45.9 Å². The van der Waals surface area contributed by atoms with Gasteiger partial charge in [-0.25, -0.2) is 0 Å². The molecule has 2 aromatic rings. The fraction of sp³-hybridized carbons (Fsp3) is 0.278. The minimum absolute atomic E-state index is 0. The minimum atomic E-state index is -0.253. The van der Waals surface area contributed by atoms with Crippen LogP contribution in [0.5, 0.6) is 5.75 Å². The van der Waals surface area contributed by atoms with Crippen LogP contribution in [0.25, 0.3) is 0 Å². The maximum atomic E-state index is 12.5. The van der Waals surface area contributed by atoms with E-state index in [4.69, 9.17) is 27.9 Å². The van der Waals surface area contributed by atoms with Gasteiger partial charge < -0.3 is 4.74 Å². The van der Waals surface area contributed by atoms with Gasteiger partial charge in [-0.05, 0) is 71.4 Å². The molecule has 0 N–H and O–H groups in total. The molecular formula is C18H20Cl2LiO2P. The van der Waals surface area contributed by atoms with Crippen molar-refractivity contribution < 1.29 is 9.53 Å². The van der Waals surface area contributed by atoms with Gasteiger partial charge in [-0.1, -0.05) is 35.3 Å². The molecule has 0 saturated heterocycles. The van der Waals surface area contributed by atoms with Crippen LogP contribution in [0.3, 0.4) is 0 Å². The third-order valence-corrected chi connectivity index (χ3v) is 5.00. The molecule has 0 aliphatic heterocycles. The van der Waals surface area contributed by atoms with Gasteiger partial charge in [0.2, 0.25) is 0 Å². The number of hydrogen-bond acceptors (Lipinski definition) is 2. The summed E-state index contributed by atoms with van der Waals surface area (Å²) in [6, 6.07) is 10.9. The SMILES string of the molecule is Cc1cc(OC(C)(C)C)ccc1PC(=O)c1c(Cl)cccc1Cl.[LiH]. The van der Waals surface area contributed by atoms with Gasteiger partial charge in [-0.3, -0.25) is 4.79 Å². The summed E-state index contributed by atoms with van der Waals surface area (Å²) in [6.45, 7) is 7.97. The van der Waals surface area contributed by atoms with Crippen LogP contribution in [0, 0.1) is 6.92 Å². The Balaban J connectivity index is 0.00000288. The van der Waals surface area contributed by atoms with E-state index in [0.29, 0.717) is 15.6 Å². The number of halogens is 2. The molecule has 1 atom stereocenters. The Bertz CT molecular complexity index is 722. The molecule has 0 aromatic heterocycles. The first-order valence-corrected chi connectivity index (χ1v) is 8.98. The average molecular weight is 377 g/mol. The zero-order chi connectivity index (χ0) is 17.2. The predicted octanol–water partition coefficient (Wildman–Crippen LogP) is 4.97. The fourth-order valence-electron chi connectivity index (χ4n) is 2.09. The molecule has 2 rings (SSSR count). The van der Waals surface area contributed by atoms with E-state index in [0.717, 1.165) is 16.6 Å². The van der Waals surface area contributed by atoms with E-state index in [-0.39, 0.29) is 38.6 Å². The fourth-order valence-corrected chi connectivity index (χ4v) is 3.90. The van der Waals surface area contributed by atoms with Crippen molar-refractivity contribution >= 4 is 61.5 Å². The van der Waals surface area contributed by atoms with Gasteiger partial charge >= 0.3 is 18.9 Å². The van der Waals surface area contributed by atoms with E-state index in [1.165, 1.54) is 0 Å². The van der Waals surface area contributed by atoms with Crippen molar-refractivity contribution in [3.63, 3.8) is 0 Å². The molecule has 1 unspecified atom stereocenters. The second-order valence-corrected chi connectivity index (χ2v) is 8.30. The van der Waals surface area contributed by atoms with Crippen LogP contribution in [0.2, 0.25) is 10.0 Å². The Morgan fingerprint density at radius 2 is 1.67 bits per heavy atom. The molecule has 6 heteroatoms. The van der Waals surface area contributed by atoms with Crippen molar-refractivity contribution in [1.29, 1.82) is 0 Å². The van der Waals surface area contributed by atoms with E-state index in [9.17, 15) is 4.79 Å². The van der Waals surface area contributed by atoms with Gasteiger partial charge in [-0.2, -0.15) is 0 Å². The Labute approximate surface area is 167 Å². The molecule has 0 bridgehead atoms. The Kier molecular flexibility index (Phi) is 7.86. The van der Waals surface area contributed by atoms with E-state index in [2.05, 4.69) is 0 Å². The van der Waals surface area contributed by atoms with Crippen LogP contribution >= 0.6 is 31.8 Å². The van der Waals surface area contributed by atoms with Crippen LogP contribution in [-0.2, 0) is 0 Å². The Morgan fingerprint density at radius 1 is 1.08 bits per heavy atom. The molecule has 0 radical (unpaired) electrons. The third-order valence-electron chi connectivity index (χ3n) is 3.06. The van der Waals surface area contributed by atoms with Crippen molar-refractivity contribution in [3.8, 4) is 5.75 Å². The number of ether oxygens (including phenoxy) is 1. The van der Waals surface area contributed by atoms with Gasteiger partial charge in [0, 0.05) is 0 Å². The summed E-state index contributed by atoms with van der Waals surface area (Å²) in [5, 5.41) is 1.74. The third kappa shape index (κ3) is 5.80. The number of carbonyl (C=O) groups excluding carboxylic acids is 1. The summed E-state index contributed by atoms with van der Waals surface area (Å²) in [5.41, 5.74) is 1.09. The van der Waals surface area contributed by atoms with Crippen molar-refractivity contribution in [3.05, 3.63) is 57.6 Å². The molecule has 2 aromatic carbocycles. The number of carbonyl (C=O) groups is 1. The standard InChI is InChI=1S/C18H19Cl2O2P.Li.H/c1-11-10-12(22-18(2,3)4)8-9-15(11)23-17(21)16-13(19)6-5-7-14(16)20;;/h5-10,23H,1-4H3;;. The van der Waals surface area contributed by atoms with Crippen molar-refractivity contribution in [2.24, 2.45) is 0 Å². The zero-order valence-electron chi connectivity index (χ0n) is 13.5. The molecule has 24 heavy (non-hydrogen) atoms. The van der Waals surface area contributed by atoms with Crippen LogP contribution in [0.4, 0.5) is 0 Å². The maximum absolute atomic E-state index is 12.5. The van der Waals surface area contributed by atoms with Gasteiger partial charge in [0.25, 0.3) is 0 Å². The summed E-state index contributed by atoms with van der Waals surface area (Å²) in [5.74, 6) is 0.798. The van der Waals surface area contributed by atoms with Crippen molar-refractivity contribution in [1.82, 2.24) is 0 Å². The first-order valence-electron chi connectivity index (χ1n) is 7.22. The second-order valence-electron chi connectivity index (χ2n) is 6.24. The van der Waals surface area contributed by atoms with Crippen LogP contribution < -0.4 is 10.0 Å². The number of benzene rings is 2. The molecule has 2 nitrogen and oxygen atoms in total. The normalized spacial score (nSPS) is 11.4. The summed E-state index contributed by atoms with van der Waals surface area (Å²) >= 11 is 12.2. The van der Waals surface area contributed by atoms with Crippen molar-refractivity contribution in [2.75, 3.05) is 0 Å². The van der Waals surface area contributed by atoms with Crippen molar-refractivity contribution in [2.45, 2.75) is 33.3 Å².